The zero-order valence-corrected chi connectivity index (χ0v) is 8.95. The lowest BCUT2D eigenvalue weighted by atomic mass is 9.96. The highest BCUT2D eigenvalue weighted by Gasteiger charge is 2.24. The second kappa shape index (κ2) is 4.51. The number of aliphatic carboxylic acids is 1. The number of nitrogens with two attached hydrogens (primary N) is 1. The van der Waals surface area contributed by atoms with E-state index in [0.717, 1.165) is 0 Å². The molecular weight excluding hydrogens is 218 g/mol. The molecule has 1 aromatic carbocycles. The van der Waals surface area contributed by atoms with Gasteiger partial charge in [0.1, 0.15) is 5.75 Å². The van der Waals surface area contributed by atoms with Crippen LogP contribution in [0.25, 0.3) is 0 Å². The molecule has 4 nitrogen and oxygen atoms in total. The summed E-state index contributed by atoms with van der Waals surface area (Å²) in [5.74, 6) is -2.21. The molecule has 1 unspecified atom stereocenters. The number of hydrogen-bond acceptors (Lipinski definition) is 3. The van der Waals surface area contributed by atoms with Crippen molar-refractivity contribution < 1.29 is 15.0 Å². The highest BCUT2D eigenvalue weighted by Crippen LogP contribution is 2.34. The van der Waals surface area contributed by atoms with Crippen LogP contribution in [0.15, 0.2) is 12.1 Å². The zero-order chi connectivity index (χ0) is 11.6. The van der Waals surface area contributed by atoms with Crippen LogP contribution >= 0.6 is 11.6 Å². The van der Waals surface area contributed by atoms with Gasteiger partial charge in [-0.2, -0.15) is 0 Å². The summed E-state index contributed by atoms with van der Waals surface area (Å²) in [6.45, 7) is 1.63. The Labute approximate surface area is 92.3 Å². The average Bonchev–Trinajstić information content (AvgIpc) is 2.18. The van der Waals surface area contributed by atoms with Crippen LogP contribution in [0.1, 0.15) is 17.0 Å². The van der Waals surface area contributed by atoms with Crippen molar-refractivity contribution in [1.82, 2.24) is 0 Å². The fourth-order valence-electron chi connectivity index (χ4n) is 1.37. The molecular formula is C10H12ClNO3. The molecule has 0 saturated heterocycles. The van der Waals surface area contributed by atoms with Gasteiger partial charge in [0.2, 0.25) is 0 Å². The van der Waals surface area contributed by atoms with Gasteiger partial charge in [0.05, 0.1) is 10.9 Å². The summed E-state index contributed by atoms with van der Waals surface area (Å²) in [7, 11) is 0. The van der Waals surface area contributed by atoms with Gasteiger partial charge in [0, 0.05) is 12.1 Å². The molecule has 0 aliphatic heterocycles. The Bertz CT molecular complexity index is 392. The molecule has 0 heterocycles. The molecule has 4 N–H and O–H groups in total. The number of halogens is 1. The van der Waals surface area contributed by atoms with Gasteiger partial charge in [-0.15, -0.1) is 0 Å². The van der Waals surface area contributed by atoms with Crippen LogP contribution in [0.5, 0.6) is 5.75 Å². The topological polar surface area (TPSA) is 83.5 Å². The van der Waals surface area contributed by atoms with E-state index in [-0.39, 0.29) is 22.9 Å². The maximum atomic E-state index is 10.9. The van der Waals surface area contributed by atoms with Crippen LogP contribution in [0.3, 0.4) is 0 Å². The first-order valence-electron chi connectivity index (χ1n) is 4.39. The monoisotopic (exact) mass is 229 g/mol. The van der Waals surface area contributed by atoms with Crippen molar-refractivity contribution in [2.45, 2.75) is 12.8 Å². The lowest BCUT2D eigenvalue weighted by molar-refractivity contribution is -0.138. The second-order valence-corrected chi connectivity index (χ2v) is 3.63. The largest absolute Gasteiger partial charge is 0.508 e. The Morgan fingerprint density at radius 2 is 2.20 bits per heavy atom. The first kappa shape index (κ1) is 11.8. The Balaban J connectivity index is 3.34. The number of benzene rings is 1. The third kappa shape index (κ3) is 2.22. The van der Waals surface area contributed by atoms with Crippen LogP contribution in [0.2, 0.25) is 5.02 Å². The Kier molecular flexibility index (Phi) is 3.55. The van der Waals surface area contributed by atoms with Crippen molar-refractivity contribution >= 4 is 17.6 Å². The van der Waals surface area contributed by atoms with Gasteiger partial charge < -0.3 is 15.9 Å². The summed E-state index contributed by atoms with van der Waals surface area (Å²) in [5.41, 5.74) is 6.24. The van der Waals surface area contributed by atoms with E-state index in [1.165, 1.54) is 6.07 Å². The van der Waals surface area contributed by atoms with Gasteiger partial charge >= 0.3 is 5.97 Å². The van der Waals surface area contributed by atoms with Gasteiger partial charge in [0.15, 0.2) is 0 Å². The van der Waals surface area contributed by atoms with Crippen molar-refractivity contribution in [2.75, 3.05) is 6.54 Å². The van der Waals surface area contributed by atoms with E-state index in [1.54, 1.807) is 13.0 Å². The summed E-state index contributed by atoms with van der Waals surface area (Å²) >= 11 is 5.94. The number of phenolic OH excluding ortho intramolecular Hbond substituents is 1. The summed E-state index contributed by atoms with van der Waals surface area (Å²) in [6, 6.07) is 3.04. The van der Waals surface area contributed by atoms with E-state index in [4.69, 9.17) is 22.4 Å². The van der Waals surface area contributed by atoms with Gasteiger partial charge in [-0.25, -0.2) is 0 Å². The first-order valence-corrected chi connectivity index (χ1v) is 4.77. The number of rotatable bonds is 3. The van der Waals surface area contributed by atoms with E-state index in [1.807, 2.05) is 0 Å². The highest BCUT2D eigenvalue weighted by atomic mass is 35.5. The maximum absolute atomic E-state index is 10.9. The van der Waals surface area contributed by atoms with E-state index >= 15 is 0 Å². The van der Waals surface area contributed by atoms with Gasteiger partial charge in [-0.05, 0) is 18.6 Å². The molecule has 0 fully saturated rings. The summed E-state index contributed by atoms with van der Waals surface area (Å²) in [4.78, 5) is 10.9. The number of aromatic hydroxyl groups is 1. The SMILES string of the molecule is Cc1ccc(O)c(C(CN)C(=O)O)c1Cl. The van der Waals surface area contributed by atoms with Crippen LogP contribution in [-0.4, -0.2) is 22.7 Å². The third-order valence-electron chi connectivity index (χ3n) is 2.23. The number of carboxylic acid groups (broad SMARTS) is 1. The van der Waals surface area contributed by atoms with Gasteiger partial charge in [-0.3, -0.25) is 4.79 Å². The third-order valence-corrected chi connectivity index (χ3v) is 2.73. The molecule has 0 amide bonds. The van der Waals surface area contributed by atoms with Crippen molar-refractivity contribution in [2.24, 2.45) is 5.73 Å². The molecule has 0 aliphatic carbocycles. The van der Waals surface area contributed by atoms with Gasteiger partial charge in [0.25, 0.3) is 0 Å². The van der Waals surface area contributed by atoms with Crippen molar-refractivity contribution in [1.29, 1.82) is 0 Å². The molecule has 0 spiro atoms. The second-order valence-electron chi connectivity index (χ2n) is 3.26. The number of carboxylic acids is 1. The summed E-state index contributed by atoms with van der Waals surface area (Å²) < 4.78 is 0. The molecule has 0 bridgehead atoms. The molecule has 0 aliphatic rings. The number of hydrogen-bond donors (Lipinski definition) is 3. The predicted octanol–water partition coefficient (Wildman–Crippen LogP) is 1.48. The maximum Gasteiger partial charge on any atom is 0.312 e. The fourth-order valence-corrected chi connectivity index (χ4v) is 1.66. The van der Waals surface area contributed by atoms with Crippen LogP contribution < -0.4 is 5.73 Å². The number of phenols is 1. The summed E-state index contributed by atoms with van der Waals surface area (Å²) in [5, 5.41) is 18.7. The van der Waals surface area contributed by atoms with Crippen molar-refractivity contribution in [3.05, 3.63) is 28.3 Å². The Morgan fingerprint density at radius 3 is 2.67 bits per heavy atom. The highest BCUT2D eigenvalue weighted by molar-refractivity contribution is 6.32. The quantitative estimate of drug-likeness (QED) is 0.733. The first-order chi connectivity index (χ1) is 6.99. The fraction of sp³-hybridized carbons (Fsp3) is 0.300. The lowest BCUT2D eigenvalue weighted by Crippen LogP contribution is -2.21. The normalized spacial score (nSPS) is 12.5. The minimum atomic E-state index is -1.10. The van der Waals surface area contributed by atoms with Crippen LogP contribution in [-0.2, 0) is 4.79 Å². The summed E-state index contributed by atoms with van der Waals surface area (Å²) in [6.07, 6.45) is 0. The molecule has 0 saturated carbocycles. The molecule has 82 valence electrons. The molecule has 5 heteroatoms. The molecule has 0 aromatic heterocycles. The van der Waals surface area contributed by atoms with E-state index in [2.05, 4.69) is 0 Å². The predicted molar refractivity (Wildman–Crippen MR) is 57.3 cm³/mol. The van der Waals surface area contributed by atoms with Crippen molar-refractivity contribution in [3.8, 4) is 5.75 Å². The molecule has 1 atom stereocenters. The molecule has 1 rings (SSSR count). The molecule has 0 radical (unpaired) electrons. The number of aryl methyl sites for hydroxylation is 1. The molecule has 15 heavy (non-hydrogen) atoms. The molecule has 1 aromatic rings. The standard InChI is InChI=1S/C10H12ClNO3/c1-5-2-3-7(13)8(9(5)11)6(4-12)10(14)15/h2-3,6,13H,4,12H2,1H3,(H,14,15). The van der Waals surface area contributed by atoms with E-state index < -0.39 is 11.9 Å². The van der Waals surface area contributed by atoms with Crippen LogP contribution in [0.4, 0.5) is 0 Å². The average molecular weight is 230 g/mol. The number of carbonyl (C=O) groups is 1. The Morgan fingerprint density at radius 1 is 1.60 bits per heavy atom. The zero-order valence-electron chi connectivity index (χ0n) is 8.20. The van der Waals surface area contributed by atoms with E-state index in [9.17, 15) is 9.90 Å². The minimum Gasteiger partial charge on any atom is -0.508 e. The smallest absolute Gasteiger partial charge is 0.312 e. The van der Waals surface area contributed by atoms with Crippen molar-refractivity contribution in [3.63, 3.8) is 0 Å². The Hall–Kier alpha value is -1.26. The lowest BCUT2D eigenvalue weighted by Gasteiger charge is -2.15. The van der Waals surface area contributed by atoms with E-state index in [0.29, 0.717) is 5.56 Å². The minimum absolute atomic E-state index is 0.105. The van der Waals surface area contributed by atoms with Gasteiger partial charge in [-0.1, -0.05) is 17.7 Å². The van der Waals surface area contributed by atoms with Crippen LogP contribution in [0, 0.1) is 6.92 Å².